The summed E-state index contributed by atoms with van der Waals surface area (Å²) in [6.07, 6.45) is 0. The molecule has 0 atom stereocenters. The van der Waals surface area contributed by atoms with Crippen LogP contribution in [0.3, 0.4) is 0 Å². The summed E-state index contributed by atoms with van der Waals surface area (Å²) < 4.78 is 0.896. The fraction of sp³-hybridized carbons (Fsp3) is 0.125. The van der Waals surface area contributed by atoms with Crippen LogP contribution in [-0.2, 0) is 0 Å². The lowest BCUT2D eigenvalue weighted by Gasteiger charge is -2.11. The largest absolute Gasteiger partial charge is 0.322 e. The molecule has 100 valence electrons. The molecule has 2 rings (SSSR count). The Balaban J connectivity index is 2.33. The quantitative estimate of drug-likeness (QED) is 0.898. The summed E-state index contributed by atoms with van der Waals surface area (Å²) in [4.78, 5) is 12.3. The molecule has 1 amide bonds. The van der Waals surface area contributed by atoms with Crippen molar-refractivity contribution in [3.05, 3.63) is 63.1 Å². The molecule has 3 nitrogen and oxygen atoms in total. The molecule has 0 bridgehead atoms. The molecule has 20 heavy (non-hydrogen) atoms. The number of carbonyl (C=O) groups excluding carboxylic acids is 1. The summed E-state index contributed by atoms with van der Waals surface area (Å²) in [5.74, 6) is -0.179. The molecule has 0 saturated heterocycles. The van der Waals surface area contributed by atoms with Crippen molar-refractivity contribution in [2.45, 2.75) is 13.8 Å². The van der Waals surface area contributed by atoms with Gasteiger partial charge in [-0.1, -0.05) is 28.1 Å². The van der Waals surface area contributed by atoms with E-state index in [1.807, 2.05) is 32.0 Å². The van der Waals surface area contributed by atoms with Gasteiger partial charge in [-0.2, -0.15) is 5.26 Å². The topological polar surface area (TPSA) is 52.9 Å². The van der Waals surface area contributed by atoms with E-state index in [9.17, 15) is 4.79 Å². The van der Waals surface area contributed by atoms with Gasteiger partial charge in [0.2, 0.25) is 0 Å². The van der Waals surface area contributed by atoms with Gasteiger partial charge in [0, 0.05) is 15.7 Å². The van der Waals surface area contributed by atoms with E-state index in [0.29, 0.717) is 16.8 Å². The summed E-state index contributed by atoms with van der Waals surface area (Å²) in [5.41, 5.74) is 3.61. The molecule has 0 aliphatic heterocycles. The summed E-state index contributed by atoms with van der Waals surface area (Å²) in [6.45, 7) is 3.78. The van der Waals surface area contributed by atoms with E-state index in [4.69, 9.17) is 5.26 Å². The molecule has 0 fully saturated rings. The van der Waals surface area contributed by atoms with Crippen LogP contribution >= 0.6 is 15.9 Å². The van der Waals surface area contributed by atoms with Crippen LogP contribution in [0.4, 0.5) is 5.69 Å². The fourth-order valence-electron chi connectivity index (χ4n) is 1.87. The van der Waals surface area contributed by atoms with Crippen LogP contribution in [-0.4, -0.2) is 5.91 Å². The van der Waals surface area contributed by atoms with E-state index in [0.717, 1.165) is 15.6 Å². The maximum atomic E-state index is 12.3. The Bertz CT molecular complexity index is 717. The number of hydrogen-bond donors (Lipinski definition) is 1. The highest BCUT2D eigenvalue weighted by Crippen LogP contribution is 2.22. The van der Waals surface area contributed by atoms with Crippen LogP contribution in [0.25, 0.3) is 0 Å². The van der Waals surface area contributed by atoms with Gasteiger partial charge < -0.3 is 5.32 Å². The molecule has 0 radical (unpaired) electrons. The number of nitrogens with zero attached hydrogens (tertiary/aromatic N) is 1. The minimum Gasteiger partial charge on any atom is -0.322 e. The number of nitrogens with one attached hydrogen (secondary N) is 1. The van der Waals surface area contributed by atoms with E-state index in [2.05, 4.69) is 27.3 Å². The third kappa shape index (κ3) is 2.89. The third-order valence-electron chi connectivity index (χ3n) is 3.13. The van der Waals surface area contributed by atoms with Gasteiger partial charge in [-0.15, -0.1) is 0 Å². The molecule has 0 aliphatic rings. The fourth-order valence-corrected chi connectivity index (χ4v) is 2.24. The van der Waals surface area contributed by atoms with Gasteiger partial charge in [0.1, 0.15) is 0 Å². The molecule has 0 saturated carbocycles. The molecular formula is C16H13BrN2O. The van der Waals surface area contributed by atoms with Crippen LogP contribution in [0, 0.1) is 25.2 Å². The second-order valence-corrected chi connectivity index (χ2v) is 5.36. The molecule has 0 aliphatic carbocycles. The van der Waals surface area contributed by atoms with Crippen molar-refractivity contribution in [3.8, 4) is 6.07 Å². The van der Waals surface area contributed by atoms with Crippen LogP contribution in [0.2, 0.25) is 0 Å². The van der Waals surface area contributed by atoms with Crippen LogP contribution in [0.15, 0.2) is 40.9 Å². The second kappa shape index (κ2) is 5.89. The second-order valence-electron chi connectivity index (χ2n) is 4.51. The number of anilines is 1. The Kier molecular flexibility index (Phi) is 4.21. The Morgan fingerprint density at radius 2 is 2.00 bits per heavy atom. The molecular weight excluding hydrogens is 316 g/mol. The Hall–Kier alpha value is -2.12. The molecule has 0 heterocycles. The number of aryl methyl sites for hydroxylation is 1. The number of halogens is 1. The number of benzene rings is 2. The lowest BCUT2D eigenvalue weighted by Crippen LogP contribution is -2.14. The molecule has 0 aromatic heterocycles. The molecule has 2 aromatic rings. The lowest BCUT2D eigenvalue weighted by atomic mass is 10.1. The third-order valence-corrected chi connectivity index (χ3v) is 3.99. The van der Waals surface area contributed by atoms with E-state index < -0.39 is 0 Å². The van der Waals surface area contributed by atoms with Gasteiger partial charge >= 0.3 is 0 Å². The molecule has 2 aromatic carbocycles. The van der Waals surface area contributed by atoms with Gasteiger partial charge in [-0.3, -0.25) is 4.79 Å². The highest BCUT2D eigenvalue weighted by Gasteiger charge is 2.12. The molecule has 0 spiro atoms. The Morgan fingerprint density at radius 1 is 1.25 bits per heavy atom. The average molecular weight is 329 g/mol. The monoisotopic (exact) mass is 328 g/mol. The number of amides is 1. The normalized spacial score (nSPS) is 9.90. The predicted octanol–water partition coefficient (Wildman–Crippen LogP) is 4.19. The maximum Gasteiger partial charge on any atom is 0.255 e. The first kappa shape index (κ1) is 14.3. The number of hydrogen-bond acceptors (Lipinski definition) is 2. The molecule has 1 N–H and O–H groups in total. The zero-order valence-electron chi connectivity index (χ0n) is 11.2. The van der Waals surface area contributed by atoms with Gasteiger partial charge in [0.15, 0.2) is 0 Å². The van der Waals surface area contributed by atoms with Crippen LogP contribution in [0.1, 0.15) is 27.0 Å². The van der Waals surface area contributed by atoms with Crippen molar-refractivity contribution in [3.63, 3.8) is 0 Å². The van der Waals surface area contributed by atoms with Crippen molar-refractivity contribution in [2.75, 3.05) is 5.32 Å². The van der Waals surface area contributed by atoms with Crippen molar-refractivity contribution in [2.24, 2.45) is 0 Å². The number of nitriles is 1. The first-order chi connectivity index (χ1) is 9.52. The number of carbonyl (C=O) groups is 1. The summed E-state index contributed by atoms with van der Waals surface area (Å²) >= 11 is 3.41. The van der Waals surface area contributed by atoms with Crippen LogP contribution < -0.4 is 5.32 Å². The summed E-state index contributed by atoms with van der Waals surface area (Å²) in [7, 11) is 0. The summed E-state index contributed by atoms with van der Waals surface area (Å²) in [6, 6.07) is 12.8. The van der Waals surface area contributed by atoms with Crippen molar-refractivity contribution in [1.29, 1.82) is 5.26 Å². The first-order valence-electron chi connectivity index (χ1n) is 6.10. The lowest BCUT2D eigenvalue weighted by molar-refractivity contribution is 0.102. The highest BCUT2D eigenvalue weighted by molar-refractivity contribution is 9.10. The average Bonchev–Trinajstić information content (AvgIpc) is 2.44. The van der Waals surface area contributed by atoms with E-state index in [-0.39, 0.29) is 5.91 Å². The molecule has 0 unspecified atom stereocenters. The van der Waals surface area contributed by atoms with Gasteiger partial charge in [-0.25, -0.2) is 0 Å². The van der Waals surface area contributed by atoms with E-state index >= 15 is 0 Å². The smallest absolute Gasteiger partial charge is 0.255 e. The highest BCUT2D eigenvalue weighted by atomic mass is 79.9. The Morgan fingerprint density at radius 3 is 2.70 bits per heavy atom. The minimum absolute atomic E-state index is 0.179. The van der Waals surface area contributed by atoms with E-state index in [1.165, 1.54) is 0 Å². The van der Waals surface area contributed by atoms with E-state index in [1.54, 1.807) is 18.2 Å². The van der Waals surface area contributed by atoms with Crippen molar-refractivity contribution < 1.29 is 4.79 Å². The van der Waals surface area contributed by atoms with Gasteiger partial charge in [-0.05, 0) is 49.2 Å². The number of rotatable bonds is 2. The standard InChI is InChI=1S/C16H13BrN2O/c1-10-6-7-12(9-18)8-15(10)19-16(20)13-4-3-5-14(17)11(13)2/h3-8H,1-2H3,(H,19,20). The van der Waals surface area contributed by atoms with Gasteiger partial charge in [0.05, 0.1) is 11.6 Å². The van der Waals surface area contributed by atoms with Crippen LogP contribution in [0.5, 0.6) is 0 Å². The zero-order chi connectivity index (χ0) is 14.7. The first-order valence-corrected chi connectivity index (χ1v) is 6.89. The zero-order valence-corrected chi connectivity index (χ0v) is 12.8. The van der Waals surface area contributed by atoms with Gasteiger partial charge in [0.25, 0.3) is 5.91 Å². The van der Waals surface area contributed by atoms with Crippen molar-refractivity contribution >= 4 is 27.5 Å². The maximum absolute atomic E-state index is 12.3. The predicted molar refractivity (Wildman–Crippen MR) is 82.7 cm³/mol. The molecule has 4 heteroatoms. The van der Waals surface area contributed by atoms with Crippen molar-refractivity contribution in [1.82, 2.24) is 0 Å². The minimum atomic E-state index is -0.179. The summed E-state index contributed by atoms with van der Waals surface area (Å²) in [5, 5.41) is 11.8. The SMILES string of the molecule is Cc1ccc(C#N)cc1NC(=O)c1cccc(Br)c1C. The Labute approximate surface area is 126 Å².